The number of aromatic nitrogens is 3. The zero-order valence-electron chi connectivity index (χ0n) is 23.5. The molecule has 9 nitrogen and oxygen atoms in total. The van der Waals surface area contributed by atoms with Crippen molar-refractivity contribution in [3.8, 4) is 16.8 Å². The lowest BCUT2D eigenvalue weighted by molar-refractivity contribution is -0.132. The van der Waals surface area contributed by atoms with Gasteiger partial charge >= 0.3 is 0 Å². The maximum Gasteiger partial charge on any atom is 0.258 e. The second kappa shape index (κ2) is 13.2. The largest absolute Gasteiger partial charge is 0.384 e. The zero-order chi connectivity index (χ0) is 28.6. The molecule has 0 unspecified atom stereocenters. The van der Waals surface area contributed by atoms with Gasteiger partial charge < -0.3 is 15.5 Å². The van der Waals surface area contributed by atoms with Crippen LogP contribution in [0.4, 0.5) is 11.8 Å². The Labute approximate surface area is 241 Å². The molecular weight excluding hydrogens is 514 g/mol. The number of aryl methyl sites for hydroxylation is 1. The van der Waals surface area contributed by atoms with E-state index in [1.165, 1.54) is 0 Å². The van der Waals surface area contributed by atoms with Crippen molar-refractivity contribution < 1.29 is 9.59 Å². The average molecular weight is 552 g/mol. The molecular formula is C32H37N7O2. The number of carbonyl (C=O) groups excluding carboxylic acids is 2. The van der Waals surface area contributed by atoms with E-state index in [-0.39, 0.29) is 11.8 Å². The molecule has 1 aliphatic rings. The van der Waals surface area contributed by atoms with E-state index in [1.807, 2.05) is 70.3 Å². The van der Waals surface area contributed by atoms with Crippen molar-refractivity contribution in [1.82, 2.24) is 24.3 Å². The van der Waals surface area contributed by atoms with E-state index in [2.05, 4.69) is 22.2 Å². The topological polar surface area (TPSA) is 109 Å². The molecule has 0 radical (unpaired) electrons. The number of nitrogens with zero attached hydrogens (tertiary/aromatic N) is 5. The van der Waals surface area contributed by atoms with Gasteiger partial charge in [-0.2, -0.15) is 0 Å². The van der Waals surface area contributed by atoms with E-state index in [4.69, 9.17) is 10.7 Å². The molecule has 1 fully saturated rings. The summed E-state index contributed by atoms with van der Waals surface area (Å²) in [4.78, 5) is 39.0. The van der Waals surface area contributed by atoms with Gasteiger partial charge in [-0.3, -0.25) is 19.5 Å². The summed E-state index contributed by atoms with van der Waals surface area (Å²) < 4.78 is 1.91. The third-order valence-electron chi connectivity index (χ3n) is 7.44. The normalized spacial score (nSPS) is 13.7. The number of anilines is 2. The lowest BCUT2D eigenvalue weighted by Crippen LogP contribution is -2.47. The first-order valence-electron chi connectivity index (χ1n) is 14.2. The van der Waals surface area contributed by atoms with Gasteiger partial charge in [0.2, 0.25) is 11.9 Å². The Morgan fingerprint density at radius 1 is 0.902 bits per heavy atom. The minimum absolute atomic E-state index is 0.244. The number of nitrogens with two attached hydrogens (primary N) is 1. The highest BCUT2D eigenvalue weighted by molar-refractivity contribution is 6.04. The van der Waals surface area contributed by atoms with Gasteiger partial charge in [0.15, 0.2) is 0 Å². The van der Waals surface area contributed by atoms with E-state index in [1.54, 1.807) is 18.3 Å². The van der Waals surface area contributed by atoms with Crippen molar-refractivity contribution in [2.24, 2.45) is 0 Å². The predicted molar refractivity (Wildman–Crippen MR) is 162 cm³/mol. The minimum Gasteiger partial charge on any atom is -0.384 e. The zero-order valence-corrected chi connectivity index (χ0v) is 23.5. The number of rotatable bonds is 10. The molecule has 41 heavy (non-hydrogen) atoms. The van der Waals surface area contributed by atoms with Gasteiger partial charge in [0, 0.05) is 61.8 Å². The monoisotopic (exact) mass is 551 g/mol. The quantitative estimate of drug-likeness (QED) is 0.278. The molecule has 1 aliphatic heterocycles. The Morgan fingerprint density at radius 2 is 1.71 bits per heavy atom. The van der Waals surface area contributed by atoms with E-state index in [0.717, 1.165) is 74.4 Å². The van der Waals surface area contributed by atoms with Crippen LogP contribution in [0.3, 0.4) is 0 Å². The number of para-hydroxylation sites is 1. The number of pyridine rings is 1. The van der Waals surface area contributed by atoms with Crippen molar-refractivity contribution in [1.29, 1.82) is 0 Å². The van der Waals surface area contributed by atoms with Gasteiger partial charge in [-0.15, -0.1) is 0 Å². The number of likely N-dealkylation sites (N-methyl/N-ethyl adjacent to an activating group) is 1. The molecule has 3 N–H and O–H groups in total. The Balaban J connectivity index is 1.22. The summed E-state index contributed by atoms with van der Waals surface area (Å²) in [6, 6.07) is 20.9. The molecule has 0 spiro atoms. The second-order valence-corrected chi connectivity index (χ2v) is 10.5. The van der Waals surface area contributed by atoms with E-state index in [0.29, 0.717) is 23.8 Å². The summed E-state index contributed by atoms with van der Waals surface area (Å²) in [5, 5.41) is 3.01. The molecule has 0 aliphatic carbocycles. The fraction of sp³-hybridized carbons (Fsp3) is 0.312. The summed E-state index contributed by atoms with van der Waals surface area (Å²) in [5.41, 5.74) is 9.82. The minimum atomic E-state index is -0.244. The van der Waals surface area contributed by atoms with Crippen LogP contribution in [-0.4, -0.2) is 69.4 Å². The first-order valence-corrected chi connectivity index (χ1v) is 14.2. The molecule has 4 aromatic rings. The van der Waals surface area contributed by atoms with Gasteiger partial charge in [-0.25, -0.2) is 9.97 Å². The average Bonchev–Trinajstić information content (AvgIpc) is 3.40. The van der Waals surface area contributed by atoms with Crippen LogP contribution in [0.15, 0.2) is 79.1 Å². The SMILES string of the molecule is CN1CCN(C(=O)CCCCCc2cn(-c3ccccc3)c(NC(=O)c3cccc(-c4ccc(N)nc4)c3)n2)CC1. The predicted octanol–water partition coefficient (Wildman–Crippen LogP) is 4.65. The number of amides is 2. The molecule has 0 saturated carbocycles. The maximum atomic E-state index is 13.3. The molecule has 0 atom stereocenters. The fourth-order valence-electron chi connectivity index (χ4n) is 4.99. The summed E-state index contributed by atoms with van der Waals surface area (Å²) in [5.74, 6) is 0.937. The number of piperazine rings is 1. The van der Waals surface area contributed by atoms with Crippen LogP contribution in [-0.2, 0) is 11.2 Å². The summed E-state index contributed by atoms with van der Waals surface area (Å²) in [6.07, 6.45) is 7.78. The maximum absolute atomic E-state index is 13.3. The summed E-state index contributed by atoms with van der Waals surface area (Å²) in [6.45, 7) is 3.54. The first kappa shape index (κ1) is 28.0. The number of nitrogen functional groups attached to an aromatic ring is 1. The molecule has 2 amide bonds. The molecule has 212 valence electrons. The smallest absolute Gasteiger partial charge is 0.258 e. The third-order valence-corrected chi connectivity index (χ3v) is 7.44. The van der Waals surface area contributed by atoms with Gasteiger partial charge in [0.1, 0.15) is 5.82 Å². The van der Waals surface area contributed by atoms with Gasteiger partial charge in [-0.1, -0.05) is 36.8 Å². The highest BCUT2D eigenvalue weighted by Crippen LogP contribution is 2.23. The number of hydrogen-bond donors (Lipinski definition) is 2. The number of hydrogen-bond acceptors (Lipinski definition) is 6. The van der Waals surface area contributed by atoms with Crippen LogP contribution in [0.25, 0.3) is 16.8 Å². The number of imidazole rings is 1. The highest BCUT2D eigenvalue weighted by Gasteiger charge is 2.19. The number of unbranched alkanes of at least 4 members (excludes halogenated alkanes) is 2. The molecule has 0 bridgehead atoms. The van der Waals surface area contributed by atoms with Gasteiger partial charge in [0.25, 0.3) is 5.91 Å². The highest BCUT2D eigenvalue weighted by atomic mass is 16.2. The van der Waals surface area contributed by atoms with Crippen molar-refractivity contribution in [3.63, 3.8) is 0 Å². The summed E-state index contributed by atoms with van der Waals surface area (Å²) >= 11 is 0. The van der Waals surface area contributed by atoms with Crippen LogP contribution in [0, 0.1) is 0 Å². The molecule has 3 heterocycles. The molecule has 9 heteroatoms. The van der Waals surface area contributed by atoms with Gasteiger partial charge in [0.05, 0.1) is 5.69 Å². The van der Waals surface area contributed by atoms with E-state index < -0.39 is 0 Å². The number of carbonyl (C=O) groups is 2. The Hall–Kier alpha value is -4.50. The van der Waals surface area contributed by atoms with Crippen LogP contribution < -0.4 is 11.1 Å². The van der Waals surface area contributed by atoms with Crippen molar-refractivity contribution in [2.75, 3.05) is 44.3 Å². The first-order chi connectivity index (χ1) is 20.0. The van der Waals surface area contributed by atoms with Crippen molar-refractivity contribution in [3.05, 3.63) is 90.4 Å². The van der Waals surface area contributed by atoms with Gasteiger partial charge in [-0.05, 0) is 68.3 Å². The van der Waals surface area contributed by atoms with E-state index in [9.17, 15) is 9.59 Å². The van der Waals surface area contributed by atoms with Crippen molar-refractivity contribution in [2.45, 2.75) is 32.1 Å². The Bertz CT molecular complexity index is 1460. The summed E-state index contributed by atoms with van der Waals surface area (Å²) in [7, 11) is 2.09. The van der Waals surface area contributed by atoms with Crippen LogP contribution in [0.2, 0.25) is 0 Å². The van der Waals surface area contributed by atoms with Crippen LogP contribution in [0.1, 0.15) is 41.7 Å². The molecule has 2 aromatic heterocycles. The van der Waals surface area contributed by atoms with Crippen LogP contribution >= 0.6 is 0 Å². The number of benzene rings is 2. The third kappa shape index (κ3) is 7.37. The molecule has 5 rings (SSSR count). The standard InChI is InChI=1S/C32H37N7O2/c1-37-17-19-38(20-18-37)30(40)14-7-2-4-11-27-23-39(28-12-5-3-6-13-28)32(35-27)36-31(41)25-10-8-9-24(21-25)26-15-16-29(33)34-22-26/h3,5-6,8-10,12-13,15-16,21-23H,2,4,7,11,14,17-20H2,1H3,(H2,33,34)(H,35,36,41). The fourth-order valence-corrected chi connectivity index (χ4v) is 4.99. The molecule has 1 saturated heterocycles. The Morgan fingerprint density at radius 3 is 2.46 bits per heavy atom. The van der Waals surface area contributed by atoms with Crippen molar-refractivity contribution >= 4 is 23.6 Å². The lowest BCUT2D eigenvalue weighted by Gasteiger charge is -2.32. The van der Waals surface area contributed by atoms with E-state index >= 15 is 0 Å². The number of nitrogens with one attached hydrogen (secondary N) is 1. The molecule has 2 aromatic carbocycles. The lowest BCUT2D eigenvalue weighted by atomic mass is 10.0. The second-order valence-electron chi connectivity index (χ2n) is 10.5. The van der Waals surface area contributed by atoms with Crippen LogP contribution in [0.5, 0.6) is 0 Å². The Kier molecular flexibility index (Phi) is 9.05.